The first kappa shape index (κ1) is 12.5. The summed E-state index contributed by atoms with van der Waals surface area (Å²) in [6.45, 7) is 0. The van der Waals surface area contributed by atoms with Crippen LogP contribution in [0.5, 0.6) is 0 Å². The Hall–Kier alpha value is -1.98. The van der Waals surface area contributed by atoms with Crippen molar-refractivity contribution in [1.82, 2.24) is 5.32 Å². The number of carbonyl (C=O) groups is 2. The van der Waals surface area contributed by atoms with Crippen molar-refractivity contribution >= 4 is 11.9 Å². The zero-order chi connectivity index (χ0) is 13.3. The van der Waals surface area contributed by atoms with Crippen molar-refractivity contribution in [1.29, 1.82) is 0 Å². The fraction of sp³-hybridized carbons (Fsp3) is 0.333. The van der Waals surface area contributed by atoms with Crippen LogP contribution in [-0.4, -0.2) is 23.0 Å². The van der Waals surface area contributed by atoms with E-state index in [1.807, 2.05) is 0 Å². The highest BCUT2D eigenvalue weighted by Crippen LogP contribution is 2.27. The summed E-state index contributed by atoms with van der Waals surface area (Å²) < 4.78 is 26.2. The van der Waals surface area contributed by atoms with Gasteiger partial charge in [-0.1, -0.05) is 0 Å². The molecule has 1 aliphatic carbocycles. The molecule has 1 aromatic rings. The number of amides is 1. The Labute approximate surface area is 102 Å². The van der Waals surface area contributed by atoms with Crippen molar-refractivity contribution in [2.75, 3.05) is 0 Å². The summed E-state index contributed by atoms with van der Waals surface area (Å²) in [7, 11) is 0. The van der Waals surface area contributed by atoms with Gasteiger partial charge in [-0.2, -0.15) is 0 Å². The highest BCUT2D eigenvalue weighted by molar-refractivity contribution is 5.94. The Balaban J connectivity index is 1.97. The van der Waals surface area contributed by atoms with Crippen LogP contribution in [0.25, 0.3) is 0 Å². The number of hydrogen-bond acceptors (Lipinski definition) is 2. The molecule has 0 heterocycles. The van der Waals surface area contributed by atoms with Crippen LogP contribution in [-0.2, 0) is 4.79 Å². The van der Waals surface area contributed by atoms with Gasteiger partial charge in [-0.25, -0.2) is 8.78 Å². The predicted octanol–water partition coefficient (Wildman–Crippen LogP) is 1.56. The predicted molar refractivity (Wildman–Crippen MR) is 58.0 cm³/mol. The van der Waals surface area contributed by atoms with Gasteiger partial charge in [0, 0.05) is 6.04 Å². The third kappa shape index (κ3) is 2.47. The molecule has 0 radical (unpaired) electrons. The van der Waals surface area contributed by atoms with E-state index in [2.05, 4.69) is 5.32 Å². The van der Waals surface area contributed by atoms with Gasteiger partial charge < -0.3 is 10.4 Å². The van der Waals surface area contributed by atoms with E-state index in [1.54, 1.807) is 0 Å². The third-order valence-electron chi connectivity index (χ3n) is 3.00. The summed E-state index contributed by atoms with van der Waals surface area (Å²) in [6.07, 6.45) is 0.635. The lowest BCUT2D eigenvalue weighted by atomic mass is 9.80. The standard InChI is InChI=1S/C12H11F2NO3/c13-7-1-2-10(14)9(5-7)11(16)15-8-3-6(4-8)12(17)18/h1-2,5-6,8H,3-4H2,(H,15,16)(H,17,18). The Kier molecular flexibility index (Phi) is 3.27. The van der Waals surface area contributed by atoms with Gasteiger partial charge in [0.05, 0.1) is 11.5 Å². The van der Waals surface area contributed by atoms with Crippen molar-refractivity contribution < 1.29 is 23.5 Å². The van der Waals surface area contributed by atoms with Crippen LogP contribution in [0, 0.1) is 17.6 Å². The molecule has 0 atom stereocenters. The molecular formula is C12H11F2NO3. The maximum atomic E-state index is 13.3. The van der Waals surface area contributed by atoms with E-state index in [4.69, 9.17) is 5.11 Å². The summed E-state index contributed by atoms with van der Waals surface area (Å²) in [6, 6.07) is 2.33. The molecule has 1 saturated carbocycles. The second kappa shape index (κ2) is 4.72. The minimum absolute atomic E-state index is 0.290. The van der Waals surface area contributed by atoms with Gasteiger partial charge >= 0.3 is 5.97 Å². The molecular weight excluding hydrogens is 244 g/mol. The molecule has 0 unspecified atom stereocenters. The number of carboxylic acid groups (broad SMARTS) is 1. The van der Waals surface area contributed by atoms with Gasteiger partial charge in [0.15, 0.2) is 0 Å². The number of nitrogens with one attached hydrogen (secondary N) is 1. The van der Waals surface area contributed by atoms with E-state index in [9.17, 15) is 18.4 Å². The Morgan fingerprint density at radius 2 is 1.94 bits per heavy atom. The van der Waals surface area contributed by atoms with Gasteiger partial charge in [-0.15, -0.1) is 0 Å². The molecule has 0 saturated heterocycles. The van der Waals surface area contributed by atoms with Crippen LogP contribution in [0.1, 0.15) is 23.2 Å². The van der Waals surface area contributed by atoms with E-state index in [1.165, 1.54) is 0 Å². The summed E-state index contributed by atoms with van der Waals surface area (Å²) in [5, 5.41) is 11.1. The van der Waals surface area contributed by atoms with Crippen molar-refractivity contribution in [2.45, 2.75) is 18.9 Å². The highest BCUT2D eigenvalue weighted by atomic mass is 19.1. The third-order valence-corrected chi connectivity index (χ3v) is 3.00. The fourth-order valence-electron chi connectivity index (χ4n) is 1.87. The number of aliphatic carboxylic acids is 1. The van der Waals surface area contributed by atoms with Gasteiger partial charge in [0.1, 0.15) is 11.6 Å². The molecule has 1 aromatic carbocycles. The van der Waals surface area contributed by atoms with Crippen LogP contribution in [0.2, 0.25) is 0 Å². The average Bonchev–Trinajstić information content (AvgIpc) is 2.25. The number of carboxylic acids is 1. The quantitative estimate of drug-likeness (QED) is 0.861. The molecule has 4 nitrogen and oxygen atoms in total. The molecule has 18 heavy (non-hydrogen) atoms. The lowest BCUT2D eigenvalue weighted by molar-refractivity contribution is -0.145. The number of halogens is 2. The van der Waals surface area contributed by atoms with E-state index in [-0.39, 0.29) is 11.6 Å². The molecule has 0 aromatic heterocycles. The lowest BCUT2D eigenvalue weighted by Gasteiger charge is -2.32. The Bertz CT molecular complexity index is 498. The fourth-order valence-corrected chi connectivity index (χ4v) is 1.87. The number of benzene rings is 1. The SMILES string of the molecule is O=C(NC1CC(C(=O)O)C1)c1cc(F)ccc1F. The zero-order valence-electron chi connectivity index (χ0n) is 9.32. The normalized spacial score (nSPS) is 22.1. The van der Waals surface area contributed by atoms with Crippen LogP contribution < -0.4 is 5.32 Å². The molecule has 2 N–H and O–H groups in total. The molecule has 0 aliphatic heterocycles. The topological polar surface area (TPSA) is 66.4 Å². The van der Waals surface area contributed by atoms with Crippen LogP contribution in [0.15, 0.2) is 18.2 Å². The molecule has 96 valence electrons. The molecule has 1 aliphatic rings. The summed E-state index contributed by atoms with van der Waals surface area (Å²) in [4.78, 5) is 22.2. The molecule has 2 rings (SSSR count). The zero-order valence-corrected chi connectivity index (χ0v) is 9.32. The summed E-state index contributed by atoms with van der Waals surface area (Å²) in [5.41, 5.74) is -0.367. The molecule has 6 heteroatoms. The highest BCUT2D eigenvalue weighted by Gasteiger charge is 2.35. The van der Waals surface area contributed by atoms with Gasteiger partial charge in [0.2, 0.25) is 0 Å². The van der Waals surface area contributed by atoms with Gasteiger partial charge in [0.25, 0.3) is 5.91 Å². The first-order chi connectivity index (χ1) is 8.47. The monoisotopic (exact) mass is 255 g/mol. The Morgan fingerprint density at radius 3 is 2.56 bits per heavy atom. The smallest absolute Gasteiger partial charge is 0.306 e. The number of hydrogen-bond donors (Lipinski definition) is 2. The second-order valence-electron chi connectivity index (χ2n) is 4.30. The average molecular weight is 255 g/mol. The number of carbonyl (C=O) groups excluding carboxylic acids is 1. The van der Waals surface area contributed by atoms with E-state index in [0.29, 0.717) is 12.8 Å². The van der Waals surface area contributed by atoms with Gasteiger partial charge in [-0.05, 0) is 31.0 Å². The van der Waals surface area contributed by atoms with E-state index in [0.717, 1.165) is 18.2 Å². The van der Waals surface area contributed by atoms with E-state index >= 15 is 0 Å². The largest absolute Gasteiger partial charge is 0.481 e. The second-order valence-corrected chi connectivity index (χ2v) is 4.30. The van der Waals surface area contributed by atoms with Crippen molar-refractivity contribution in [3.05, 3.63) is 35.4 Å². The summed E-state index contributed by atoms with van der Waals surface area (Å²) in [5.74, 6) is -3.59. The molecule has 0 bridgehead atoms. The lowest BCUT2D eigenvalue weighted by Crippen LogP contribution is -2.46. The molecule has 1 fully saturated rings. The van der Waals surface area contributed by atoms with Crippen LogP contribution >= 0.6 is 0 Å². The maximum absolute atomic E-state index is 13.3. The minimum atomic E-state index is -0.905. The minimum Gasteiger partial charge on any atom is -0.481 e. The molecule has 0 spiro atoms. The van der Waals surface area contributed by atoms with Gasteiger partial charge in [-0.3, -0.25) is 9.59 Å². The van der Waals surface area contributed by atoms with Crippen LogP contribution in [0.4, 0.5) is 8.78 Å². The maximum Gasteiger partial charge on any atom is 0.306 e. The van der Waals surface area contributed by atoms with Crippen LogP contribution in [0.3, 0.4) is 0 Å². The van der Waals surface area contributed by atoms with Crippen molar-refractivity contribution in [3.63, 3.8) is 0 Å². The first-order valence-corrected chi connectivity index (χ1v) is 5.46. The van der Waals surface area contributed by atoms with Crippen molar-refractivity contribution in [2.24, 2.45) is 5.92 Å². The molecule has 1 amide bonds. The van der Waals surface area contributed by atoms with E-state index < -0.39 is 29.4 Å². The summed E-state index contributed by atoms with van der Waals surface area (Å²) >= 11 is 0. The van der Waals surface area contributed by atoms with Crippen molar-refractivity contribution in [3.8, 4) is 0 Å². The first-order valence-electron chi connectivity index (χ1n) is 5.46. The number of rotatable bonds is 3. The Morgan fingerprint density at radius 1 is 1.28 bits per heavy atom.